The van der Waals surface area contributed by atoms with Gasteiger partial charge >= 0.3 is 0 Å². The molecule has 0 spiro atoms. The first-order chi connectivity index (χ1) is 17.5. The Morgan fingerprint density at radius 1 is 1.08 bits per heavy atom. The monoisotopic (exact) mass is 557 g/mol. The van der Waals surface area contributed by atoms with Gasteiger partial charge in [0, 0.05) is 16.7 Å². The second kappa shape index (κ2) is 9.75. The molecule has 0 saturated carbocycles. The van der Waals surface area contributed by atoms with E-state index in [1.807, 2.05) is 41.5 Å². The number of carbonyl (C=O) groups is 1. The maximum atomic E-state index is 13.2. The van der Waals surface area contributed by atoms with Gasteiger partial charge in [-0.05, 0) is 41.2 Å². The molecule has 0 aliphatic heterocycles. The Balaban J connectivity index is 1.48. The number of benzene rings is 2. The van der Waals surface area contributed by atoms with Gasteiger partial charge in [-0.25, -0.2) is 23.2 Å². The third-order valence-electron chi connectivity index (χ3n) is 5.91. The number of carbonyl (C=O) groups excluding carboxylic acids is 1. The van der Waals surface area contributed by atoms with Crippen molar-refractivity contribution in [3.05, 3.63) is 58.9 Å². The molecule has 2 aromatic heterocycles. The van der Waals surface area contributed by atoms with Crippen LogP contribution in [0.1, 0.15) is 68.7 Å². The average molecular weight is 558 g/mol. The number of hydrogen-bond acceptors (Lipinski definition) is 9. The number of sulfonamides is 1. The van der Waals surface area contributed by atoms with E-state index in [0.717, 1.165) is 22.5 Å². The molecule has 2 heterocycles. The Morgan fingerprint density at radius 2 is 1.71 bits per heavy atom. The van der Waals surface area contributed by atoms with E-state index in [4.69, 9.17) is 9.88 Å². The van der Waals surface area contributed by atoms with Crippen molar-refractivity contribution in [1.82, 2.24) is 20.0 Å². The van der Waals surface area contributed by atoms with E-state index in [1.165, 1.54) is 4.68 Å². The number of ether oxygens (including phenoxy) is 1. The predicted molar refractivity (Wildman–Crippen MR) is 145 cm³/mol. The van der Waals surface area contributed by atoms with Gasteiger partial charge in [0.15, 0.2) is 5.78 Å². The normalized spacial score (nSPS) is 12.7. The summed E-state index contributed by atoms with van der Waals surface area (Å²) >= 11 is 0.965. The van der Waals surface area contributed by atoms with Crippen LogP contribution >= 0.6 is 11.3 Å². The number of nitrogens with zero attached hydrogens (tertiary/aromatic N) is 4. The molecule has 0 bridgehead atoms. The van der Waals surface area contributed by atoms with Gasteiger partial charge in [0.25, 0.3) is 10.0 Å². The van der Waals surface area contributed by atoms with E-state index in [0.29, 0.717) is 27.2 Å². The minimum Gasteiger partial charge on any atom is -0.507 e. The molecule has 4 rings (SSSR count). The summed E-state index contributed by atoms with van der Waals surface area (Å²) in [6, 6.07) is 8.52. The van der Waals surface area contributed by atoms with Gasteiger partial charge in [0.2, 0.25) is 4.34 Å². The number of aromatic hydroxyl groups is 1. The van der Waals surface area contributed by atoms with Gasteiger partial charge < -0.3 is 9.84 Å². The van der Waals surface area contributed by atoms with Crippen molar-refractivity contribution in [2.75, 3.05) is 0 Å². The number of ketones is 1. The summed E-state index contributed by atoms with van der Waals surface area (Å²) in [6.45, 7) is 12.1. The van der Waals surface area contributed by atoms with Crippen molar-refractivity contribution < 1.29 is 23.1 Å². The topological polar surface area (TPSA) is 150 Å². The average Bonchev–Trinajstić information content (AvgIpc) is 3.42. The van der Waals surface area contributed by atoms with Crippen molar-refractivity contribution in [3.63, 3.8) is 0 Å². The van der Waals surface area contributed by atoms with Gasteiger partial charge in [0.1, 0.15) is 30.3 Å². The number of phenolic OH excluding ortho intramolecular Hbond substituents is 1. The third-order valence-corrected chi connectivity index (χ3v) is 8.25. The Kier molecular flexibility index (Phi) is 7.10. The third kappa shape index (κ3) is 6.03. The van der Waals surface area contributed by atoms with E-state index in [9.17, 15) is 18.3 Å². The lowest BCUT2D eigenvalue weighted by Gasteiger charge is -2.28. The molecule has 0 unspecified atom stereocenters. The number of primary sulfonamides is 1. The molecule has 0 atom stereocenters. The van der Waals surface area contributed by atoms with Gasteiger partial charge in [-0.2, -0.15) is 0 Å². The number of phenols is 1. The highest BCUT2D eigenvalue weighted by Crippen LogP contribution is 2.40. The summed E-state index contributed by atoms with van der Waals surface area (Å²) in [5.41, 5.74) is 2.27. The lowest BCUT2D eigenvalue weighted by molar-refractivity contribution is 0.0966. The number of Topliss-reactive ketones (excluding diaryl/α,β-unsaturated/α-hetero) is 1. The number of hydrogen-bond donors (Lipinski definition) is 2. The highest BCUT2D eigenvalue weighted by Gasteiger charge is 2.28. The van der Waals surface area contributed by atoms with E-state index >= 15 is 0 Å². The summed E-state index contributed by atoms with van der Waals surface area (Å²) in [5.74, 6) is 0.570. The summed E-state index contributed by atoms with van der Waals surface area (Å²) in [4.78, 5) is 17.2. The Morgan fingerprint density at radius 3 is 2.29 bits per heavy atom. The number of aromatic nitrogens is 4. The molecule has 0 aliphatic carbocycles. The highest BCUT2D eigenvalue weighted by molar-refractivity contribution is 7.91. The molecule has 0 aliphatic rings. The van der Waals surface area contributed by atoms with E-state index in [1.54, 1.807) is 36.5 Å². The van der Waals surface area contributed by atoms with Crippen LogP contribution in [0.2, 0.25) is 0 Å². The summed E-state index contributed by atoms with van der Waals surface area (Å²) in [5, 5.41) is 24.2. The zero-order valence-electron chi connectivity index (χ0n) is 22.1. The number of fused-ring (bicyclic) bond motifs is 1. The highest BCUT2D eigenvalue weighted by atomic mass is 32.2. The van der Waals surface area contributed by atoms with Crippen LogP contribution in [0.25, 0.3) is 10.2 Å². The van der Waals surface area contributed by atoms with Crippen LogP contribution in [0.5, 0.6) is 11.5 Å². The molecule has 10 nitrogen and oxygen atoms in total. The number of thiazole rings is 1. The molecule has 0 fully saturated rings. The summed E-state index contributed by atoms with van der Waals surface area (Å²) in [6.07, 6.45) is 1.64. The second-order valence-electron chi connectivity index (χ2n) is 11.2. The van der Waals surface area contributed by atoms with Crippen molar-refractivity contribution in [3.8, 4) is 11.5 Å². The zero-order valence-corrected chi connectivity index (χ0v) is 23.8. The van der Waals surface area contributed by atoms with E-state index in [-0.39, 0.29) is 39.9 Å². The smallest absolute Gasteiger partial charge is 0.265 e. The maximum absolute atomic E-state index is 13.2. The van der Waals surface area contributed by atoms with Crippen molar-refractivity contribution in [2.24, 2.45) is 5.14 Å². The molecular weight excluding hydrogens is 526 g/mol. The molecule has 3 N–H and O–H groups in total. The molecule has 4 aromatic rings. The van der Waals surface area contributed by atoms with Crippen LogP contribution in [-0.4, -0.2) is 39.3 Å². The van der Waals surface area contributed by atoms with Crippen LogP contribution in [-0.2, 0) is 34.0 Å². The molecule has 2 aromatic carbocycles. The molecule has 38 heavy (non-hydrogen) atoms. The minimum absolute atomic E-state index is 0.0197. The van der Waals surface area contributed by atoms with Crippen molar-refractivity contribution in [2.45, 2.75) is 69.9 Å². The molecule has 0 saturated heterocycles. The fraction of sp³-hybridized carbons (Fsp3) is 0.385. The van der Waals surface area contributed by atoms with Gasteiger partial charge in [-0.1, -0.05) is 46.8 Å². The van der Waals surface area contributed by atoms with Gasteiger partial charge in [-0.15, -0.1) is 16.4 Å². The SMILES string of the molecule is CC(C)(C)c1cc(C(=O)Cn2cc(COc3ccc4nc(S(N)(=O)=O)sc4c3)nn2)cc(C(C)(C)C)c1O. The molecule has 0 amide bonds. The first kappa shape index (κ1) is 27.7. The van der Waals surface area contributed by atoms with E-state index < -0.39 is 10.0 Å². The molecule has 0 radical (unpaired) electrons. The summed E-state index contributed by atoms with van der Waals surface area (Å²) in [7, 11) is -3.88. The van der Waals surface area contributed by atoms with Crippen molar-refractivity contribution in [1.29, 1.82) is 0 Å². The molecule has 202 valence electrons. The van der Waals surface area contributed by atoms with E-state index in [2.05, 4.69) is 15.3 Å². The lowest BCUT2D eigenvalue weighted by atomic mass is 9.78. The van der Waals surface area contributed by atoms with Crippen LogP contribution in [0.15, 0.2) is 40.9 Å². The largest absolute Gasteiger partial charge is 0.507 e. The standard InChI is InChI=1S/C26H31N5O5S2/c1-25(2,3)18-9-15(10-19(23(18)33)26(4,5)6)21(32)13-31-12-16(29-30-31)14-36-17-7-8-20-22(11-17)37-24(28-20)38(27,34)35/h7-12,33H,13-14H2,1-6H3,(H2,27,34,35). The number of rotatable bonds is 7. The van der Waals surface area contributed by atoms with Crippen LogP contribution < -0.4 is 9.88 Å². The molecular formula is C26H31N5O5S2. The Labute approximate surface area is 225 Å². The first-order valence-electron chi connectivity index (χ1n) is 11.9. The van der Waals surface area contributed by atoms with Gasteiger partial charge in [0.05, 0.1) is 16.4 Å². The fourth-order valence-electron chi connectivity index (χ4n) is 3.91. The quantitative estimate of drug-likeness (QED) is 0.319. The van der Waals surface area contributed by atoms with Crippen LogP contribution in [0.4, 0.5) is 0 Å². The van der Waals surface area contributed by atoms with Crippen LogP contribution in [0, 0.1) is 0 Å². The Bertz CT molecular complexity index is 1590. The van der Waals surface area contributed by atoms with Crippen molar-refractivity contribution >= 4 is 37.4 Å². The second-order valence-corrected chi connectivity index (χ2v) is 14.0. The lowest BCUT2D eigenvalue weighted by Crippen LogP contribution is -2.20. The first-order valence-corrected chi connectivity index (χ1v) is 14.2. The van der Waals surface area contributed by atoms with Gasteiger partial charge in [-0.3, -0.25) is 4.79 Å². The number of nitrogens with two attached hydrogens (primary N) is 1. The zero-order chi connectivity index (χ0) is 28.0. The fourth-order valence-corrected chi connectivity index (χ4v) is 5.60. The molecule has 12 heteroatoms. The van der Waals surface area contributed by atoms with Crippen LogP contribution in [0.3, 0.4) is 0 Å². The maximum Gasteiger partial charge on any atom is 0.265 e. The predicted octanol–water partition coefficient (Wildman–Crippen LogP) is 4.30. The minimum atomic E-state index is -3.88. The summed E-state index contributed by atoms with van der Waals surface area (Å²) < 4.78 is 30.8. The Hall–Kier alpha value is -3.35.